The first-order valence-electron chi connectivity index (χ1n) is 8.53. The van der Waals surface area contributed by atoms with Crippen molar-refractivity contribution in [3.8, 4) is 16.9 Å². The number of esters is 1. The van der Waals surface area contributed by atoms with Crippen LogP contribution in [0.15, 0.2) is 65.5 Å². The summed E-state index contributed by atoms with van der Waals surface area (Å²) >= 11 is 0. The third-order valence-corrected chi connectivity index (χ3v) is 4.35. The van der Waals surface area contributed by atoms with E-state index < -0.39 is 5.97 Å². The van der Waals surface area contributed by atoms with E-state index in [9.17, 15) is 9.59 Å². The molecule has 7 heteroatoms. The molecular formula is C21H20N2O5. The lowest BCUT2D eigenvalue weighted by atomic mass is 10.0. The summed E-state index contributed by atoms with van der Waals surface area (Å²) in [5.41, 5.74) is 4.96. The molecule has 0 atom stereocenters. The van der Waals surface area contributed by atoms with Crippen molar-refractivity contribution in [2.75, 3.05) is 19.7 Å². The summed E-state index contributed by atoms with van der Waals surface area (Å²) < 4.78 is 11.6. The van der Waals surface area contributed by atoms with E-state index in [1.165, 1.54) is 23.8 Å². The SMILES string of the molecule is COC(=O)c1cccc(=O)n1Cc1ccc(OC)c(-c2cccc(NO)c2)c1. The lowest BCUT2D eigenvalue weighted by molar-refractivity contribution is 0.0587. The standard InChI is InChI=1S/C21H20N2O5/c1-27-19-10-9-14(11-17(19)15-5-3-6-16(12-15)22-26)13-23-18(21(25)28-2)7-4-8-20(23)24/h3-12,22,26H,13H2,1-2H3. The van der Waals surface area contributed by atoms with Crippen LogP contribution in [0, 0.1) is 0 Å². The Morgan fingerprint density at radius 3 is 2.57 bits per heavy atom. The van der Waals surface area contributed by atoms with Crippen molar-refractivity contribution in [2.24, 2.45) is 0 Å². The molecule has 0 amide bonds. The van der Waals surface area contributed by atoms with Gasteiger partial charge in [0.05, 0.1) is 26.5 Å². The van der Waals surface area contributed by atoms with E-state index in [-0.39, 0.29) is 17.8 Å². The fourth-order valence-electron chi connectivity index (χ4n) is 2.98. The van der Waals surface area contributed by atoms with Crippen molar-refractivity contribution in [3.05, 3.63) is 82.3 Å². The fourth-order valence-corrected chi connectivity index (χ4v) is 2.98. The van der Waals surface area contributed by atoms with Gasteiger partial charge in [-0.3, -0.25) is 20.0 Å². The first kappa shape index (κ1) is 19.2. The highest BCUT2D eigenvalue weighted by molar-refractivity contribution is 5.87. The highest BCUT2D eigenvalue weighted by Crippen LogP contribution is 2.32. The summed E-state index contributed by atoms with van der Waals surface area (Å²) in [4.78, 5) is 24.3. The van der Waals surface area contributed by atoms with Crippen LogP contribution in [0.1, 0.15) is 16.1 Å². The van der Waals surface area contributed by atoms with Gasteiger partial charge in [0.25, 0.3) is 5.56 Å². The van der Waals surface area contributed by atoms with E-state index in [4.69, 9.17) is 14.7 Å². The molecule has 1 aromatic heterocycles. The molecular weight excluding hydrogens is 360 g/mol. The van der Waals surface area contributed by atoms with Crippen LogP contribution in [0.3, 0.4) is 0 Å². The van der Waals surface area contributed by atoms with E-state index in [1.54, 1.807) is 37.4 Å². The van der Waals surface area contributed by atoms with Crippen molar-refractivity contribution < 1.29 is 19.5 Å². The number of anilines is 1. The number of aromatic nitrogens is 1. The maximum atomic E-state index is 12.3. The van der Waals surface area contributed by atoms with Crippen molar-refractivity contribution in [1.29, 1.82) is 0 Å². The molecule has 0 aliphatic heterocycles. The third-order valence-electron chi connectivity index (χ3n) is 4.35. The number of rotatable bonds is 6. The van der Waals surface area contributed by atoms with Gasteiger partial charge in [-0.05, 0) is 41.5 Å². The molecule has 2 aromatic carbocycles. The number of benzene rings is 2. The molecule has 2 N–H and O–H groups in total. The second kappa shape index (κ2) is 8.41. The number of carbonyl (C=O) groups excluding carboxylic acids is 1. The van der Waals surface area contributed by atoms with Gasteiger partial charge in [-0.2, -0.15) is 0 Å². The molecule has 0 unspecified atom stereocenters. The van der Waals surface area contributed by atoms with E-state index in [0.717, 1.165) is 16.7 Å². The van der Waals surface area contributed by atoms with E-state index in [0.29, 0.717) is 11.4 Å². The quantitative estimate of drug-likeness (QED) is 0.504. The highest BCUT2D eigenvalue weighted by Gasteiger charge is 2.14. The Bertz CT molecular complexity index is 1060. The summed E-state index contributed by atoms with van der Waals surface area (Å²) in [7, 11) is 2.85. The van der Waals surface area contributed by atoms with Gasteiger partial charge in [-0.25, -0.2) is 4.79 Å². The Morgan fingerprint density at radius 1 is 1.07 bits per heavy atom. The molecule has 0 spiro atoms. The van der Waals surface area contributed by atoms with Crippen LogP contribution in [0.5, 0.6) is 5.75 Å². The summed E-state index contributed by atoms with van der Waals surface area (Å²) in [6.07, 6.45) is 0. The monoisotopic (exact) mass is 380 g/mol. The molecule has 0 saturated heterocycles. The van der Waals surface area contributed by atoms with Crippen LogP contribution in [0.25, 0.3) is 11.1 Å². The predicted octanol–water partition coefficient (Wildman–Crippen LogP) is 3.16. The maximum absolute atomic E-state index is 12.3. The van der Waals surface area contributed by atoms with Gasteiger partial charge in [-0.1, -0.05) is 24.3 Å². The van der Waals surface area contributed by atoms with Crippen LogP contribution < -0.4 is 15.8 Å². The molecule has 0 radical (unpaired) electrons. The summed E-state index contributed by atoms with van der Waals surface area (Å²) in [6, 6.07) is 17.2. The van der Waals surface area contributed by atoms with Crippen molar-refractivity contribution in [3.63, 3.8) is 0 Å². The number of nitrogens with one attached hydrogen (secondary N) is 1. The zero-order valence-electron chi connectivity index (χ0n) is 15.5. The largest absolute Gasteiger partial charge is 0.496 e. The molecule has 1 heterocycles. The van der Waals surface area contributed by atoms with Gasteiger partial charge in [0, 0.05) is 11.6 Å². The second-order valence-corrected chi connectivity index (χ2v) is 6.05. The van der Waals surface area contributed by atoms with Crippen molar-refractivity contribution in [1.82, 2.24) is 4.57 Å². The molecule has 0 bridgehead atoms. The van der Waals surface area contributed by atoms with Crippen LogP contribution in [0.2, 0.25) is 0 Å². The molecule has 144 valence electrons. The Kier molecular flexibility index (Phi) is 5.76. The van der Waals surface area contributed by atoms with Gasteiger partial charge >= 0.3 is 5.97 Å². The first-order chi connectivity index (χ1) is 13.6. The minimum absolute atomic E-state index is 0.179. The molecule has 0 fully saturated rings. The normalized spacial score (nSPS) is 10.4. The number of methoxy groups -OCH3 is 2. The molecule has 7 nitrogen and oxygen atoms in total. The minimum atomic E-state index is -0.576. The van der Waals surface area contributed by atoms with Gasteiger partial charge in [-0.15, -0.1) is 0 Å². The highest BCUT2D eigenvalue weighted by atomic mass is 16.5. The summed E-state index contributed by atoms with van der Waals surface area (Å²) in [5, 5.41) is 9.16. The van der Waals surface area contributed by atoms with Crippen LogP contribution in [0.4, 0.5) is 5.69 Å². The molecule has 0 aliphatic carbocycles. The zero-order chi connectivity index (χ0) is 20.1. The Labute approximate surface area is 161 Å². The fraction of sp³-hybridized carbons (Fsp3) is 0.143. The maximum Gasteiger partial charge on any atom is 0.354 e. The number of pyridine rings is 1. The predicted molar refractivity (Wildman–Crippen MR) is 105 cm³/mol. The lowest BCUT2D eigenvalue weighted by Crippen LogP contribution is -2.26. The number of ether oxygens (including phenoxy) is 2. The van der Waals surface area contributed by atoms with Gasteiger partial charge < -0.3 is 9.47 Å². The molecule has 0 saturated carbocycles. The van der Waals surface area contributed by atoms with E-state index in [2.05, 4.69) is 5.48 Å². The van der Waals surface area contributed by atoms with Gasteiger partial charge in [0.2, 0.25) is 0 Å². The number of nitrogens with zero attached hydrogens (tertiary/aromatic N) is 1. The number of hydrogen-bond donors (Lipinski definition) is 2. The smallest absolute Gasteiger partial charge is 0.354 e. The third kappa shape index (κ3) is 3.89. The van der Waals surface area contributed by atoms with Crippen LogP contribution >= 0.6 is 0 Å². The molecule has 3 aromatic rings. The van der Waals surface area contributed by atoms with E-state index in [1.807, 2.05) is 18.2 Å². The van der Waals surface area contributed by atoms with Crippen molar-refractivity contribution in [2.45, 2.75) is 6.54 Å². The number of hydrogen-bond acceptors (Lipinski definition) is 6. The van der Waals surface area contributed by atoms with Crippen molar-refractivity contribution >= 4 is 11.7 Å². The van der Waals surface area contributed by atoms with Crippen LogP contribution in [-0.4, -0.2) is 30.0 Å². The molecule has 0 aliphatic rings. The topological polar surface area (TPSA) is 89.8 Å². The Balaban J connectivity index is 2.06. The molecule has 28 heavy (non-hydrogen) atoms. The first-order valence-corrected chi connectivity index (χ1v) is 8.53. The second-order valence-electron chi connectivity index (χ2n) is 6.05. The average Bonchev–Trinajstić information content (AvgIpc) is 2.74. The zero-order valence-corrected chi connectivity index (χ0v) is 15.5. The summed E-state index contributed by atoms with van der Waals surface area (Å²) in [5.74, 6) is 0.0700. The minimum Gasteiger partial charge on any atom is -0.496 e. The number of carbonyl (C=O) groups is 1. The average molecular weight is 380 g/mol. The lowest BCUT2D eigenvalue weighted by Gasteiger charge is -2.14. The van der Waals surface area contributed by atoms with Gasteiger partial charge in [0.1, 0.15) is 11.4 Å². The Hall–Kier alpha value is -3.58. The van der Waals surface area contributed by atoms with E-state index >= 15 is 0 Å². The summed E-state index contributed by atoms with van der Waals surface area (Å²) in [6.45, 7) is 0.193. The Morgan fingerprint density at radius 2 is 1.86 bits per heavy atom. The molecule has 3 rings (SSSR count). The van der Waals surface area contributed by atoms with Crippen LogP contribution in [-0.2, 0) is 11.3 Å². The van der Waals surface area contributed by atoms with Gasteiger partial charge in [0.15, 0.2) is 0 Å².